The number of hydrogen-bond donors (Lipinski definition) is 1. The van der Waals surface area contributed by atoms with Crippen molar-refractivity contribution in [2.24, 2.45) is 0 Å². The van der Waals surface area contributed by atoms with Gasteiger partial charge in [-0.05, 0) is 63.3 Å². The molecule has 1 N–H and O–H groups in total. The molecule has 1 saturated heterocycles. The number of rotatable bonds is 6. The molecule has 1 fully saturated rings. The summed E-state index contributed by atoms with van der Waals surface area (Å²) in [7, 11) is 0. The van der Waals surface area contributed by atoms with Crippen LogP contribution < -0.4 is 10.1 Å². The molecule has 0 unspecified atom stereocenters. The Morgan fingerprint density at radius 2 is 1.82 bits per heavy atom. The normalized spacial score (nSPS) is 14.9. The van der Waals surface area contributed by atoms with E-state index in [0.29, 0.717) is 17.1 Å². The summed E-state index contributed by atoms with van der Waals surface area (Å²) in [5, 5.41) is 7.63. The molecule has 2 amide bonds. The van der Waals surface area contributed by atoms with Crippen LogP contribution in [0.15, 0.2) is 48.5 Å². The van der Waals surface area contributed by atoms with E-state index < -0.39 is 0 Å². The van der Waals surface area contributed by atoms with Crippen LogP contribution in [0.3, 0.4) is 0 Å². The summed E-state index contributed by atoms with van der Waals surface area (Å²) >= 11 is 0. The molecule has 1 aromatic heterocycles. The van der Waals surface area contributed by atoms with Crippen molar-refractivity contribution in [3.05, 3.63) is 71.0 Å². The van der Waals surface area contributed by atoms with Crippen molar-refractivity contribution in [2.45, 2.75) is 39.0 Å². The first-order valence-electron chi connectivity index (χ1n) is 11.6. The molecule has 0 bridgehead atoms. The largest absolute Gasteiger partial charge is 0.484 e. The van der Waals surface area contributed by atoms with E-state index in [0.717, 1.165) is 62.1 Å². The van der Waals surface area contributed by atoms with Gasteiger partial charge in [0, 0.05) is 36.1 Å². The maximum Gasteiger partial charge on any atom is 0.276 e. The summed E-state index contributed by atoms with van der Waals surface area (Å²) in [6.45, 7) is 3.66. The minimum Gasteiger partial charge on any atom is -0.484 e. The summed E-state index contributed by atoms with van der Waals surface area (Å²) in [6, 6.07) is 15.3. The first kappa shape index (κ1) is 21.2. The quantitative estimate of drug-likeness (QED) is 0.625. The van der Waals surface area contributed by atoms with Gasteiger partial charge in [-0.2, -0.15) is 5.10 Å². The lowest BCUT2D eigenvalue weighted by Gasteiger charge is -2.15. The number of carbonyl (C=O) groups excluding carboxylic acids is 2. The molecule has 5 rings (SSSR count). The first-order valence-corrected chi connectivity index (χ1v) is 11.6. The number of fused-ring (bicyclic) bond motifs is 1. The number of carbonyl (C=O) groups is 2. The second-order valence-electron chi connectivity index (χ2n) is 8.73. The Kier molecular flexibility index (Phi) is 5.86. The highest BCUT2D eigenvalue weighted by molar-refractivity contribution is 6.04. The van der Waals surface area contributed by atoms with Crippen LogP contribution in [0.4, 0.5) is 5.69 Å². The molecule has 33 heavy (non-hydrogen) atoms. The number of anilines is 1. The van der Waals surface area contributed by atoms with E-state index in [1.54, 1.807) is 18.2 Å². The number of aryl methyl sites for hydroxylation is 1. The molecule has 2 aliphatic rings. The molecular weight excluding hydrogens is 416 g/mol. The molecule has 170 valence electrons. The number of likely N-dealkylation sites (tertiary alicyclic amines) is 1. The molecule has 0 spiro atoms. The molecule has 2 heterocycles. The number of nitrogens with zero attached hydrogens (tertiary/aromatic N) is 3. The predicted molar refractivity (Wildman–Crippen MR) is 126 cm³/mol. The van der Waals surface area contributed by atoms with E-state index in [9.17, 15) is 9.59 Å². The van der Waals surface area contributed by atoms with Crippen LogP contribution in [0.25, 0.3) is 5.69 Å². The van der Waals surface area contributed by atoms with Crippen LogP contribution >= 0.6 is 0 Å². The van der Waals surface area contributed by atoms with Crippen LogP contribution in [-0.2, 0) is 17.6 Å². The Hall–Kier alpha value is -3.61. The van der Waals surface area contributed by atoms with Gasteiger partial charge < -0.3 is 15.0 Å². The molecule has 0 atom stereocenters. The fourth-order valence-electron chi connectivity index (χ4n) is 4.58. The zero-order valence-electron chi connectivity index (χ0n) is 18.8. The second-order valence-corrected chi connectivity index (χ2v) is 8.73. The minimum absolute atomic E-state index is 0.000790. The molecule has 7 heteroatoms. The highest BCUT2D eigenvalue weighted by atomic mass is 16.5. The fraction of sp³-hybridized carbons (Fsp3) is 0.346. The molecule has 2 aromatic carbocycles. The standard InChI is InChI=1S/C26H28N4O3/c1-18-10-12-20(13-11-18)30-23-9-5-8-22(23)25(28-30)26(32)27-19-6-4-7-21(16-19)33-17-24(31)29-14-2-3-15-29/h4,6-7,10-13,16H,2-3,5,8-9,14-15,17H2,1H3,(H,27,32). The molecular formula is C26H28N4O3. The maximum absolute atomic E-state index is 13.1. The first-order chi connectivity index (χ1) is 16.1. The Morgan fingerprint density at radius 1 is 1.03 bits per heavy atom. The van der Waals surface area contributed by atoms with Crippen molar-refractivity contribution >= 4 is 17.5 Å². The highest BCUT2D eigenvalue weighted by Crippen LogP contribution is 2.29. The van der Waals surface area contributed by atoms with E-state index in [1.165, 1.54) is 5.56 Å². The molecule has 1 aliphatic heterocycles. The Labute approximate surface area is 193 Å². The van der Waals surface area contributed by atoms with Crippen molar-refractivity contribution in [3.8, 4) is 11.4 Å². The molecule has 0 radical (unpaired) electrons. The van der Waals surface area contributed by atoms with Gasteiger partial charge in [0.15, 0.2) is 12.3 Å². The van der Waals surface area contributed by atoms with E-state index in [2.05, 4.69) is 29.5 Å². The summed E-state index contributed by atoms with van der Waals surface area (Å²) in [5.74, 6) is 0.319. The monoisotopic (exact) mass is 444 g/mol. The van der Waals surface area contributed by atoms with Crippen molar-refractivity contribution in [2.75, 3.05) is 25.0 Å². The number of nitrogens with one attached hydrogen (secondary N) is 1. The Balaban J connectivity index is 1.30. The summed E-state index contributed by atoms with van der Waals surface area (Å²) < 4.78 is 7.59. The van der Waals surface area contributed by atoms with E-state index in [4.69, 9.17) is 4.74 Å². The van der Waals surface area contributed by atoms with Crippen molar-refractivity contribution in [1.82, 2.24) is 14.7 Å². The van der Waals surface area contributed by atoms with Gasteiger partial charge in [-0.15, -0.1) is 0 Å². The SMILES string of the molecule is Cc1ccc(-n2nc(C(=O)Nc3cccc(OCC(=O)N4CCCC4)c3)c3c2CCC3)cc1. The summed E-state index contributed by atoms with van der Waals surface area (Å²) in [5.41, 5.74) is 5.38. The Bertz CT molecular complexity index is 1180. The van der Waals surface area contributed by atoms with Crippen molar-refractivity contribution < 1.29 is 14.3 Å². The third kappa shape index (κ3) is 4.49. The number of aromatic nitrogens is 2. The lowest BCUT2D eigenvalue weighted by molar-refractivity contribution is -0.132. The Morgan fingerprint density at radius 3 is 2.61 bits per heavy atom. The zero-order valence-corrected chi connectivity index (χ0v) is 18.8. The van der Waals surface area contributed by atoms with Crippen molar-refractivity contribution in [1.29, 1.82) is 0 Å². The minimum atomic E-state index is -0.232. The van der Waals surface area contributed by atoms with E-state index in [-0.39, 0.29) is 18.4 Å². The smallest absolute Gasteiger partial charge is 0.276 e. The average molecular weight is 445 g/mol. The molecule has 7 nitrogen and oxygen atoms in total. The lowest BCUT2D eigenvalue weighted by atomic mass is 10.2. The van der Waals surface area contributed by atoms with Gasteiger partial charge >= 0.3 is 0 Å². The summed E-state index contributed by atoms with van der Waals surface area (Å²) in [6.07, 6.45) is 4.89. The van der Waals surface area contributed by atoms with Gasteiger partial charge in [0.25, 0.3) is 11.8 Å². The topological polar surface area (TPSA) is 76.5 Å². The predicted octanol–water partition coefficient (Wildman–Crippen LogP) is 3.92. The number of benzene rings is 2. The molecule has 3 aromatic rings. The van der Waals surface area contributed by atoms with E-state index >= 15 is 0 Å². The molecule has 0 saturated carbocycles. The zero-order chi connectivity index (χ0) is 22.8. The highest BCUT2D eigenvalue weighted by Gasteiger charge is 2.27. The van der Waals surface area contributed by atoms with Crippen molar-refractivity contribution in [3.63, 3.8) is 0 Å². The number of amides is 2. The number of hydrogen-bond acceptors (Lipinski definition) is 4. The third-order valence-corrected chi connectivity index (χ3v) is 6.34. The van der Waals surface area contributed by atoms with Crippen LogP contribution in [0.2, 0.25) is 0 Å². The van der Waals surface area contributed by atoms with Crippen LogP contribution in [0, 0.1) is 6.92 Å². The molecule has 1 aliphatic carbocycles. The van der Waals surface area contributed by atoms with E-state index in [1.807, 2.05) is 27.8 Å². The van der Waals surface area contributed by atoms with Gasteiger partial charge in [0.2, 0.25) is 0 Å². The third-order valence-electron chi connectivity index (χ3n) is 6.34. The van der Waals surface area contributed by atoms with Gasteiger partial charge in [-0.3, -0.25) is 9.59 Å². The lowest BCUT2D eigenvalue weighted by Crippen LogP contribution is -2.32. The second kappa shape index (κ2) is 9.10. The van der Waals surface area contributed by atoms with Crippen LogP contribution in [0.1, 0.15) is 46.6 Å². The summed E-state index contributed by atoms with van der Waals surface area (Å²) in [4.78, 5) is 27.2. The van der Waals surface area contributed by atoms with Gasteiger partial charge in [-0.1, -0.05) is 23.8 Å². The van der Waals surface area contributed by atoms with Crippen LogP contribution in [-0.4, -0.2) is 46.2 Å². The fourth-order valence-corrected chi connectivity index (χ4v) is 4.58. The van der Waals surface area contributed by atoms with Crippen LogP contribution in [0.5, 0.6) is 5.75 Å². The van der Waals surface area contributed by atoms with Gasteiger partial charge in [-0.25, -0.2) is 4.68 Å². The average Bonchev–Trinajstić information content (AvgIpc) is 3.56. The number of ether oxygens (including phenoxy) is 1. The van der Waals surface area contributed by atoms with Gasteiger partial charge in [0.05, 0.1) is 5.69 Å². The van der Waals surface area contributed by atoms with Gasteiger partial charge in [0.1, 0.15) is 5.75 Å². The maximum atomic E-state index is 13.1.